The summed E-state index contributed by atoms with van der Waals surface area (Å²) >= 11 is 3.41. The van der Waals surface area contributed by atoms with Crippen LogP contribution in [-0.2, 0) is 0 Å². The number of likely N-dealkylation sites (tertiary alicyclic amines) is 1. The zero-order valence-electron chi connectivity index (χ0n) is 12.6. The van der Waals surface area contributed by atoms with Crippen molar-refractivity contribution in [3.63, 3.8) is 0 Å². The Labute approximate surface area is 139 Å². The lowest BCUT2D eigenvalue weighted by atomic mass is 9.91. The van der Waals surface area contributed by atoms with Crippen LogP contribution >= 0.6 is 15.9 Å². The van der Waals surface area contributed by atoms with Gasteiger partial charge in [0.1, 0.15) is 5.82 Å². The zero-order chi connectivity index (χ0) is 15.5. The summed E-state index contributed by atoms with van der Waals surface area (Å²) in [6.07, 6.45) is 4.36. The molecular weight excluding hydrogens is 342 g/mol. The third-order valence-electron chi connectivity index (χ3n) is 4.26. The van der Waals surface area contributed by atoms with Crippen molar-refractivity contribution in [3.8, 4) is 0 Å². The molecule has 2 N–H and O–H groups in total. The fraction of sp³-hybridized carbons (Fsp3) is 0.353. The largest absolute Gasteiger partial charge is 0.348 e. The monoisotopic (exact) mass is 361 g/mol. The molecule has 0 radical (unpaired) electrons. The maximum Gasteiger partial charge on any atom is 0.257 e. The minimum atomic E-state index is -0.107. The second kappa shape index (κ2) is 6.67. The molecule has 1 amide bonds. The standard InChI is InChI=1S/C17H20BrN3O/c1-21-8-6-12(7-9-21)13-10-16(19-11-13)20-17(22)14-4-2-3-5-15(14)18/h2-5,10-12,19H,6-9H2,1H3,(H,20,22). The lowest BCUT2D eigenvalue weighted by molar-refractivity contribution is 0.102. The van der Waals surface area contributed by atoms with Gasteiger partial charge in [0.25, 0.3) is 5.91 Å². The Morgan fingerprint density at radius 1 is 1.32 bits per heavy atom. The van der Waals surface area contributed by atoms with Crippen LogP contribution in [-0.4, -0.2) is 35.9 Å². The first-order chi connectivity index (χ1) is 10.6. The van der Waals surface area contributed by atoms with E-state index in [1.54, 1.807) is 6.07 Å². The van der Waals surface area contributed by atoms with E-state index in [2.05, 4.69) is 44.2 Å². The van der Waals surface area contributed by atoms with Crippen molar-refractivity contribution in [2.75, 3.05) is 25.5 Å². The predicted molar refractivity (Wildman–Crippen MR) is 92.4 cm³/mol. The fourth-order valence-corrected chi connectivity index (χ4v) is 3.36. The van der Waals surface area contributed by atoms with Gasteiger partial charge in [0.05, 0.1) is 5.56 Å². The molecule has 1 aliphatic rings. The van der Waals surface area contributed by atoms with Crippen LogP contribution in [0.5, 0.6) is 0 Å². The molecular formula is C17H20BrN3O. The summed E-state index contributed by atoms with van der Waals surface area (Å²) in [4.78, 5) is 17.8. The van der Waals surface area contributed by atoms with Crippen molar-refractivity contribution < 1.29 is 4.79 Å². The number of benzene rings is 1. The molecule has 0 bridgehead atoms. The molecule has 5 heteroatoms. The molecule has 4 nitrogen and oxygen atoms in total. The highest BCUT2D eigenvalue weighted by Crippen LogP contribution is 2.29. The van der Waals surface area contributed by atoms with Crippen LogP contribution in [0.4, 0.5) is 5.82 Å². The van der Waals surface area contributed by atoms with Gasteiger partial charge in [-0.2, -0.15) is 0 Å². The number of H-pyrrole nitrogens is 1. The quantitative estimate of drug-likeness (QED) is 0.872. The Morgan fingerprint density at radius 3 is 2.77 bits per heavy atom. The summed E-state index contributed by atoms with van der Waals surface area (Å²) in [5.41, 5.74) is 1.92. The van der Waals surface area contributed by atoms with Crippen molar-refractivity contribution >= 4 is 27.7 Å². The number of carbonyl (C=O) groups excluding carboxylic acids is 1. The van der Waals surface area contributed by atoms with Gasteiger partial charge in [0.15, 0.2) is 0 Å². The average Bonchev–Trinajstić information content (AvgIpc) is 2.97. The van der Waals surface area contributed by atoms with Gasteiger partial charge in [-0.05, 0) is 78.6 Å². The Morgan fingerprint density at radius 2 is 2.05 bits per heavy atom. The molecule has 0 atom stereocenters. The van der Waals surface area contributed by atoms with E-state index in [1.165, 1.54) is 18.4 Å². The molecule has 2 heterocycles. The Hall–Kier alpha value is -1.59. The van der Waals surface area contributed by atoms with Gasteiger partial charge in [-0.3, -0.25) is 4.79 Å². The number of amides is 1. The fourth-order valence-electron chi connectivity index (χ4n) is 2.90. The molecule has 1 aromatic heterocycles. The summed E-state index contributed by atoms with van der Waals surface area (Å²) in [6.45, 7) is 2.27. The number of rotatable bonds is 3. The average molecular weight is 362 g/mol. The molecule has 22 heavy (non-hydrogen) atoms. The molecule has 0 unspecified atom stereocenters. The van der Waals surface area contributed by atoms with Crippen LogP contribution in [0, 0.1) is 0 Å². The topological polar surface area (TPSA) is 48.1 Å². The lowest BCUT2D eigenvalue weighted by Gasteiger charge is -2.28. The maximum absolute atomic E-state index is 12.3. The predicted octanol–water partition coefficient (Wildman–Crippen LogP) is 3.84. The first-order valence-electron chi connectivity index (χ1n) is 7.56. The summed E-state index contributed by atoms with van der Waals surface area (Å²) < 4.78 is 0.801. The maximum atomic E-state index is 12.3. The van der Waals surface area contributed by atoms with Gasteiger partial charge < -0.3 is 15.2 Å². The van der Waals surface area contributed by atoms with E-state index in [4.69, 9.17) is 0 Å². The summed E-state index contributed by atoms with van der Waals surface area (Å²) in [6, 6.07) is 9.49. The molecule has 0 saturated carbocycles. The number of aromatic nitrogens is 1. The van der Waals surface area contributed by atoms with E-state index < -0.39 is 0 Å². The normalized spacial score (nSPS) is 16.6. The molecule has 1 aromatic carbocycles. The van der Waals surface area contributed by atoms with E-state index in [1.807, 2.05) is 24.4 Å². The van der Waals surface area contributed by atoms with E-state index >= 15 is 0 Å². The summed E-state index contributed by atoms with van der Waals surface area (Å²) in [5.74, 6) is 1.24. The van der Waals surface area contributed by atoms with Crippen molar-refractivity contribution in [2.24, 2.45) is 0 Å². The third kappa shape index (κ3) is 3.42. The van der Waals surface area contributed by atoms with E-state index in [9.17, 15) is 4.79 Å². The highest BCUT2D eigenvalue weighted by Gasteiger charge is 2.20. The smallest absolute Gasteiger partial charge is 0.257 e. The van der Waals surface area contributed by atoms with Crippen LogP contribution < -0.4 is 5.32 Å². The Balaban J connectivity index is 1.67. The highest BCUT2D eigenvalue weighted by atomic mass is 79.9. The number of aromatic amines is 1. The van der Waals surface area contributed by atoms with Crippen LogP contribution in [0.25, 0.3) is 0 Å². The van der Waals surface area contributed by atoms with E-state index in [-0.39, 0.29) is 5.91 Å². The summed E-state index contributed by atoms with van der Waals surface area (Å²) in [7, 11) is 2.16. The molecule has 116 valence electrons. The minimum absolute atomic E-state index is 0.107. The van der Waals surface area contributed by atoms with Crippen LogP contribution in [0.2, 0.25) is 0 Å². The molecule has 1 aliphatic heterocycles. The first kappa shape index (κ1) is 15.3. The van der Waals surface area contributed by atoms with Crippen molar-refractivity contribution in [1.82, 2.24) is 9.88 Å². The SMILES string of the molecule is CN1CCC(c2c[nH]c(NC(=O)c3ccccc3Br)c2)CC1. The molecule has 1 fully saturated rings. The van der Waals surface area contributed by atoms with Gasteiger partial charge >= 0.3 is 0 Å². The van der Waals surface area contributed by atoms with Gasteiger partial charge in [-0.1, -0.05) is 12.1 Å². The molecule has 2 aromatic rings. The Bertz CT molecular complexity index is 659. The zero-order valence-corrected chi connectivity index (χ0v) is 14.2. The number of nitrogens with one attached hydrogen (secondary N) is 2. The third-order valence-corrected chi connectivity index (χ3v) is 4.95. The van der Waals surface area contributed by atoms with Crippen LogP contribution in [0.15, 0.2) is 41.0 Å². The van der Waals surface area contributed by atoms with Gasteiger partial charge in [0, 0.05) is 10.7 Å². The van der Waals surface area contributed by atoms with Crippen LogP contribution in [0.3, 0.4) is 0 Å². The van der Waals surface area contributed by atoms with E-state index in [0.29, 0.717) is 11.5 Å². The van der Waals surface area contributed by atoms with Crippen molar-refractivity contribution in [1.29, 1.82) is 0 Å². The molecule has 0 spiro atoms. The van der Waals surface area contributed by atoms with Crippen LogP contribution in [0.1, 0.15) is 34.7 Å². The number of piperidine rings is 1. The number of nitrogens with zero attached hydrogens (tertiary/aromatic N) is 1. The Kier molecular flexibility index (Phi) is 4.64. The highest BCUT2D eigenvalue weighted by molar-refractivity contribution is 9.10. The first-order valence-corrected chi connectivity index (χ1v) is 8.35. The number of hydrogen-bond donors (Lipinski definition) is 2. The van der Waals surface area contributed by atoms with Gasteiger partial charge in [-0.15, -0.1) is 0 Å². The van der Waals surface area contributed by atoms with Crippen molar-refractivity contribution in [3.05, 3.63) is 52.1 Å². The molecule has 0 aliphatic carbocycles. The number of carbonyl (C=O) groups is 1. The summed E-state index contributed by atoms with van der Waals surface area (Å²) in [5, 5.41) is 2.93. The van der Waals surface area contributed by atoms with E-state index in [0.717, 1.165) is 23.4 Å². The second-order valence-corrected chi connectivity index (χ2v) is 6.71. The number of hydrogen-bond acceptors (Lipinski definition) is 2. The molecule has 3 rings (SSSR count). The number of halogens is 1. The van der Waals surface area contributed by atoms with Gasteiger partial charge in [-0.25, -0.2) is 0 Å². The lowest BCUT2D eigenvalue weighted by Crippen LogP contribution is -2.29. The number of anilines is 1. The van der Waals surface area contributed by atoms with Crippen molar-refractivity contribution in [2.45, 2.75) is 18.8 Å². The minimum Gasteiger partial charge on any atom is -0.348 e. The molecule has 1 saturated heterocycles. The second-order valence-electron chi connectivity index (χ2n) is 5.86. The van der Waals surface area contributed by atoms with Gasteiger partial charge in [0.2, 0.25) is 0 Å².